The average molecular weight is 237 g/mol. The van der Waals surface area contributed by atoms with Gasteiger partial charge in [-0.25, -0.2) is 0 Å². The average Bonchev–Trinajstić information content (AvgIpc) is 2.82. The number of Topliss-reactive ketones (excluding diaryl/α,β-unsaturated/α-hetero) is 1. The summed E-state index contributed by atoms with van der Waals surface area (Å²) in [6, 6.07) is 2.04. The largest absolute Gasteiger partial charge is 0.329 e. The van der Waals surface area contributed by atoms with E-state index in [9.17, 15) is 4.79 Å². The molecule has 2 nitrogen and oxygen atoms in total. The van der Waals surface area contributed by atoms with E-state index < -0.39 is 0 Å². The summed E-state index contributed by atoms with van der Waals surface area (Å²) < 4.78 is 0. The van der Waals surface area contributed by atoms with Crippen molar-refractivity contribution in [1.29, 1.82) is 0 Å². The molecule has 0 spiro atoms. The molecule has 1 aromatic rings. The third kappa shape index (κ3) is 2.36. The minimum absolute atomic E-state index is 0.208. The van der Waals surface area contributed by atoms with Gasteiger partial charge in [0.2, 0.25) is 0 Å². The minimum Gasteiger partial charge on any atom is -0.329 e. The normalized spacial score (nSPS) is 19.6. The first kappa shape index (κ1) is 11.8. The highest BCUT2D eigenvalue weighted by atomic mass is 32.1. The Morgan fingerprint density at radius 2 is 2.12 bits per heavy atom. The zero-order chi connectivity index (χ0) is 11.4. The third-order valence-electron chi connectivity index (χ3n) is 3.74. The van der Waals surface area contributed by atoms with Crippen molar-refractivity contribution in [2.75, 3.05) is 6.54 Å². The number of rotatable bonds is 4. The summed E-state index contributed by atoms with van der Waals surface area (Å²) in [4.78, 5) is 12.3. The summed E-state index contributed by atoms with van der Waals surface area (Å²) in [7, 11) is 0. The summed E-state index contributed by atoms with van der Waals surface area (Å²) in [6.07, 6.45) is 6.13. The number of hydrogen-bond acceptors (Lipinski definition) is 3. The van der Waals surface area contributed by atoms with Gasteiger partial charge in [0.1, 0.15) is 5.78 Å². The van der Waals surface area contributed by atoms with Crippen LogP contribution in [0.4, 0.5) is 0 Å². The molecule has 0 aliphatic heterocycles. The summed E-state index contributed by atoms with van der Waals surface area (Å²) in [5.74, 6) is 0.355. The molecule has 0 atom stereocenters. The maximum atomic E-state index is 12.3. The van der Waals surface area contributed by atoms with Crippen molar-refractivity contribution in [2.24, 2.45) is 11.1 Å². The maximum Gasteiger partial charge on any atom is 0.144 e. The van der Waals surface area contributed by atoms with E-state index in [2.05, 4.69) is 5.38 Å². The second kappa shape index (κ2) is 5.11. The fourth-order valence-corrected chi connectivity index (χ4v) is 3.26. The summed E-state index contributed by atoms with van der Waals surface area (Å²) in [6.45, 7) is 0.524. The van der Waals surface area contributed by atoms with Crippen molar-refractivity contribution < 1.29 is 4.79 Å². The van der Waals surface area contributed by atoms with Crippen LogP contribution in [0.1, 0.15) is 37.7 Å². The molecule has 1 saturated carbocycles. The molecule has 1 fully saturated rings. The lowest BCUT2D eigenvalue weighted by atomic mass is 9.70. The summed E-state index contributed by atoms with van der Waals surface area (Å²) >= 11 is 1.65. The lowest BCUT2D eigenvalue weighted by Crippen LogP contribution is -2.41. The Kier molecular flexibility index (Phi) is 3.77. The predicted molar refractivity (Wildman–Crippen MR) is 67.6 cm³/mol. The molecule has 2 rings (SSSR count). The van der Waals surface area contributed by atoms with E-state index in [1.807, 2.05) is 11.4 Å². The molecule has 3 heteroatoms. The van der Waals surface area contributed by atoms with Crippen LogP contribution < -0.4 is 5.73 Å². The van der Waals surface area contributed by atoms with Gasteiger partial charge >= 0.3 is 0 Å². The zero-order valence-electron chi connectivity index (χ0n) is 9.58. The van der Waals surface area contributed by atoms with Crippen LogP contribution in [0.3, 0.4) is 0 Å². The van der Waals surface area contributed by atoms with Gasteiger partial charge in [-0.1, -0.05) is 19.3 Å². The predicted octanol–water partition coefficient (Wildman–Crippen LogP) is 2.77. The van der Waals surface area contributed by atoms with Gasteiger partial charge < -0.3 is 5.73 Å². The molecule has 16 heavy (non-hydrogen) atoms. The van der Waals surface area contributed by atoms with E-state index in [4.69, 9.17) is 5.73 Å². The molecule has 0 aromatic carbocycles. The van der Waals surface area contributed by atoms with Crippen LogP contribution >= 0.6 is 11.3 Å². The van der Waals surface area contributed by atoms with Gasteiger partial charge in [0, 0.05) is 18.4 Å². The Morgan fingerprint density at radius 1 is 1.38 bits per heavy atom. The molecule has 1 aliphatic rings. The number of nitrogens with two attached hydrogens (primary N) is 1. The number of carbonyl (C=O) groups is 1. The lowest BCUT2D eigenvalue weighted by Gasteiger charge is -2.34. The summed E-state index contributed by atoms with van der Waals surface area (Å²) in [5, 5.41) is 4.09. The highest BCUT2D eigenvalue weighted by Gasteiger charge is 2.37. The fourth-order valence-electron chi connectivity index (χ4n) is 2.59. The van der Waals surface area contributed by atoms with E-state index >= 15 is 0 Å². The molecule has 0 unspecified atom stereocenters. The van der Waals surface area contributed by atoms with Gasteiger partial charge in [-0.2, -0.15) is 11.3 Å². The van der Waals surface area contributed by atoms with Gasteiger partial charge in [-0.15, -0.1) is 0 Å². The molecule has 88 valence electrons. The van der Waals surface area contributed by atoms with Crippen LogP contribution in [0.5, 0.6) is 0 Å². The van der Waals surface area contributed by atoms with Crippen molar-refractivity contribution in [1.82, 2.24) is 0 Å². The second-order valence-corrected chi connectivity index (χ2v) is 5.56. The number of carbonyl (C=O) groups excluding carboxylic acids is 1. The molecule has 0 saturated heterocycles. The van der Waals surface area contributed by atoms with Crippen LogP contribution in [-0.4, -0.2) is 12.3 Å². The van der Waals surface area contributed by atoms with E-state index in [0.717, 1.165) is 31.2 Å². The number of ketones is 1. The molecule has 1 heterocycles. The van der Waals surface area contributed by atoms with E-state index in [0.29, 0.717) is 18.7 Å². The smallest absolute Gasteiger partial charge is 0.144 e. The summed E-state index contributed by atoms with van der Waals surface area (Å²) in [5.41, 5.74) is 6.79. The minimum atomic E-state index is -0.208. The third-order valence-corrected chi connectivity index (χ3v) is 4.47. The maximum absolute atomic E-state index is 12.3. The number of thiophene rings is 1. The first-order valence-electron chi connectivity index (χ1n) is 6.01. The van der Waals surface area contributed by atoms with E-state index in [-0.39, 0.29) is 5.41 Å². The quantitative estimate of drug-likeness (QED) is 0.875. The van der Waals surface area contributed by atoms with Crippen LogP contribution in [0.2, 0.25) is 0 Å². The van der Waals surface area contributed by atoms with Crippen LogP contribution in [0.15, 0.2) is 16.8 Å². The lowest BCUT2D eigenvalue weighted by molar-refractivity contribution is -0.129. The monoisotopic (exact) mass is 237 g/mol. The highest BCUT2D eigenvalue weighted by molar-refractivity contribution is 7.08. The molecular weight excluding hydrogens is 218 g/mol. The standard InChI is InChI=1S/C13H19NOS/c14-10-13(5-2-1-3-6-13)12(15)8-11-4-7-16-9-11/h4,7,9H,1-3,5-6,8,10,14H2. The topological polar surface area (TPSA) is 43.1 Å². The van der Waals surface area contributed by atoms with Crippen molar-refractivity contribution >= 4 is 17.1 Å². The molecule has 1 aromatic heterocycles. The highest BCUT2D eigenvalue weighted by Crippen LogP contribution is 2.37. The second-order valence-electron chi connectivity index (χ2n) is 4.78. The van der Waals surface area contributed by atoms with Gasteiger partial charge in [-0.05, 0) is 35.2 Å². The van der Waals surface area contributed by atoms with Crippen molar-refractivity contribution in [3.8, 4) is 0 Å². The van der Waals surface area contributed by atoms with E-state index in [1.165, 1.54) is 6.42 Å². The van der Waals surface area contributed by atoms with Crippen LogP contribution in [0.25, 0.3) is 0 Å². The Hall–Kier alpha value is -0.670. The van der Waals surface area contributed by atoms with Gasteiger partial charge in [0.15, 0.2) is 0 Å². The molecule has 0 bridgehead atoms. The Bertz CT molecular complexity index is 339. The first-order valence-corrected chi connectivity index (χ1v) is 6.96. The van der Waals surface area contributed by atoms with E-state index in [1.54, 1.807) is 11.3 Å². The Morgan fingerprint density at radius 3 is 2.69 bits per heavy atom. The Labute approximate surface area is 101 Å². The molecule has 1 aliphatic carbocycles. The molecular formula is C13H19NOS. The van der Waals surface area contributed by atoms with Crippen molar-refractivity contribution in [2.45, 2.75) is 38.5 Å². The van der Waals surface area contributed by atoms with Crippen molar-refractivity contribution in [3.05, 3.63) is 22.4 Å². The van der Waals surface area contributed by atoms with Gasteiger partial charge in [0.25, 0.3) is 0 Å². The molecule has 0 amide bonds. The van der Waals surface area contributed by atoms with Crippen LogP contribution in [0, 0.1) is 5.41 Å². The zero-order valence-corrected chi connectivity index (χ0v) is 10.4. The van der Waals surface area contributed by atoms with Crippen LogP contribution in [-0.2, 0) is 11.2 Å². The van der Waals surface area contributed by atoms with Crippen molar-refractivity contribution in [3.63, 3.8) is 0 Å². The molecule has 2 N–H and O–H groups in total. The number of hydrogen-bond donors (Lipinski definition) is 1. The SMILES string of the molecule is NCC1(C(=O)Cc2ccsc2)CCCCC1. The van der Waals surface area contributed by atoms with Gasteiger partial charge in [0.05, 0.1) is 0 Å². The first-order chi connectivity index (χ1) is 7.77. The Balaban J connectivity index is 2.06. The fraction of sp³-hybridized carbons (Fsp3) is 0.615. The van der Waals surface area contributed by atoms with Gasteiger partial charge in [-0.3, -0.25) is 4.79 Å². The molecule has 0 radical (unpaired) electrons.